The summed E-state index contributed by atoms with van der Waals surface area (Å²) < 4.78 is 13.4. The van der Waals surface area contributed by atoms with Crippen LogP contribution in [0.15, 0.2) is 46.0 Å². The number of carbonyl (C=O) groups excluding carboxylic acids is 1. The van der Waals surface area contributed by atoms with Gasteiger partial charge in [0.1, 0.15) is 11.9 Å². The van der Waals surface area contributed by atoms with Crippen molar-refractivity contribution >= 4 is 34.7 Å². The van der Waals surface area contributed by atoms with Crippen molar-refractivity contribution in [3.63, 3.8) is 0 Å². The minimum Gasteiger partial charge on any atom is -0.341 e. The number of hydrogen-bond donors (Lipinski definition) is 3. The molecule has 0 saturated heterocycles. The maximum Gasteiger partial charge on any atom is 0.265 e. The molecule has 1 aromatic carbocycles. The van der Waals surface area contributed by atoms with Gasteiger partial charge in [-0.2, -0.15) is 0 Å². The summed E-state index contributed by atoms with van der Waals surface area (Å²) in [4.78, 5) is 21.0. The van der Waals surface area contributed by atoms with Crippen molar-refractivity contribution in [1.29, 1.82) is 0 Å². The summed E-state index contributed by atoms with van der Waals surface area (Å²) in [5.41, 5.74) is 3.50. The molecule has 0 aliphatic carbocycles. The van der Waals surface area contributed by atoms with Crippen molar-refractivity contribution in [3.05, 3.63) is 62.5 Å². The average molecular weight is 366 g/mol. The number of thiazole rings is 1. The van der Waals surface area contributed by atoms with Crippen LogP contribution in [0.3, 0.4) is 0 Å². The first-order valence-electron chi connectivity index (χ1n) is 6.92. The minimum absolute atomic E-state index is 0.180. The highest BCUT2D eigenvalue weighted by Gasteiger charge is 2.31. The maximum atomic E-state index is 13.4. The Morgan fingerprint density at radius 3 is 2.92 bits per heavy atom. The predicted molar refractivity (Wildman–Crippen MR) is 91.0 cm³/mol. The highest BCUT2D eigenvalue weighted by Crippen LogP contribution is 2.35. The highest BCUT2D eigenvalue weighted by atomic mass is 35.5. The molecule has 0 radical (unpaired) electrons. The molecule has 2 heterocycles. The standard InChI is InChI=1S/C15H13ClFN5OS/c1-7-11(14(23)22-18)12(9-3-2-8(17)6-10(9)16)21-13(20-7)15-19-4-5-24-15/h2-6,12H,18H2,1H3,(H,20,21)(H,22,23). The lowest BCUT2D eigenvalue weighted by Gasteiger charge is -2.26. The quantitative estimate of drug-likeness (QED) is 0.442. The van der Waals surface area contributed by atoms with Crippen molar-refractivity contribution in [3.8, 4) is 0 Å². The Bertz CT molecular complexity index is 850. The first kappa shape index (κ1) is 16.6. The zero-order chi connectivity index (χ0) is 17.3. The number of hydrazine groups is 1. The van der Waals surface area contributed by atoms with Gasteiger partial charge in [-0.05, 0) is 19.1 Å². The Kier molecular flexibility index (Phi) is 4.61. The number of halogens is 2. The molecule has 3 rings (SSSR count). The van der Waals surface area contributed by atoms with Gasteiger partial charge in [0.05, 0.1) is 5.57 Å². The first-order chi connectivity index (χ1) is 11.5. The summed E-state index contributed by atoms with van der Waals surface area (Å²) in [6.45, 7) is 1.73. The molecular formula is C15H13ClFN5OS. The van der Waals surface area contributed by atoms with Gasteiger partial charge in [0.25, 0.3) is 5.91 Å². The third-order valence-corrected chi connectivity index (χ3v) is 4.62. The van der Waals surface area contributed by atoms with Crippen LogP contribution in [0.4, 0.5) is 4.39 Å². The van der Waals surface area contributed by atoms with E-state index in [0.29, 0.717) is 27.7 Å². The number of benzene rings is 1. The number of hydrogen-bond acceptors (Lipinski definition) is 6. The lowest BCUT2D eigenvalue weighted by molar-refractivity contribution is -0.117. The fourth-order valence-corrected chi connectivity index (χ4v) is 3.30. The van der Waals surface area contributed by atoms with Crippen LogP contribution >= 0.6 is 22.9 Å². The van der Waals surface area contributed by atoms with E-state index in [1.165, 1.54) is 29.5 Å². The third kappa shape index (κ3) is 3.03. The summed E-state index contributed by atoms with van der Waals surface area (Å²) in [5.74, 6) is 4.84. The fourth-order valence-electron chi connectivity index (χ4n) is 2.45. The Labute approximate surface area is 146 Å². The molecule has 6 nitrogen and oxygen atoms in total. The van der Waals surface area contributed by atoms with Gasteiger partial charge in [-0.25, -0.2) is 15.2 Å². The zero-order valence-corrected chi connectivity index (χ0v) is 14.1. The predicted octanol–water partition coefficient (Wildman–Crippen LogP) is 2.29. The number of nitrogens with zero attached hydrogens (tertiary/aromatic N) is 2. The van der Waals surface area contributed by atoms with E-state index in [-0.39, 0.29) is 5.02 Å². The number of carbonyl (C=O) groups is 1. The first-order valence-corrected chi connectivity index (χ1v) is 8.18. The van der Waals surface area contributed by atoms with Crippen molar-refractivity contribution in [2.24, 2.45) is 10.8 Å². The summed E-state index contributed by atoms with van der Waals surface area (Å²) in [6, 6.07) is 3.25. The van der Waals surface area contributed by atoms with Gasteiger partial charge in [-0.1, -0.05) is 17.7 Å². The Morgan fingerprint density at radius 1 is 1.50 bits per heavy atom. The molecule has 0 fully saturated rings. The molecule has 2 aromatic rings. The molecule has 124 valence electrons. The van der Waals surface area contributed by atoms with Crippen molar-refractivity contribution in [1.82, 2.24) is 15.7 Å². The third-order valence-electron chi connectivity index (χ3n) is 3.51. The summed E-state index contributed by atoms with van der Waals surface area (Å²) in [5, 5.41) is 5.73. The van der Waals surface area contributed by atoms with Gasteiger partial charge in [0, 0.05) is 27.9 Å². The molecule has 0 saturated carbocycles. The molecular weight excluding hydrogens is 353 g/mol. The second-order valence-corrected chi connectivity index (χ2v) is 6.32. The molecule has 4 N–H and O–H groups in total. The number of aromatic nitrogens is 1. The van der Waals surface area contributed by atoms with E-state index >= 15 is 0 Å². The number of amidine groups is 1. The van der Waals surface area contributed by atoms with Crippen molar-refractivity contribution in [2.75, 3.05) is 0 Å². The molecule has 1 atom stereocenters. The van der Waals surface area contributed by atoms with E-state index in [1.807, 2.05) is 5.38 Å². The normalized spacial score (nSPS) is 17.3. The number of rotatable bonds is 3. The van der Waals surface area contributed by atoms with Crippen LogP contribution in [0.2, 0.25) is 5.02 Å². The van der Waals surface area contributed by atoms with Crippen LogP contribution < -0.4 is 16.6 Å². The van der Waals surface area contributed by atoms with Crippen molar-refractivity contribution in [2.45, 2.75) is 13.0 Å². The van der Waals surface area contributed by atoms with Crippen molar-refractivity contribution < 1.29 is 9.18 Å². The minimum atomic E-state index is -0.721. The van der Waals surface area contributed by atoms with E-state index in [4.69, 9.17) is 17.4 Å². The zero-order valence-electron chi connectivity index (χ0n) is 12.5. The second kappa shape index (κ2) is 6.68. The van der Waals surface area contributed by atoms with Crippen LogP contribution in [0, 0.1) is 5.82 Å². The lowest BCUT2D eigenvalue weighted by atomic mass is 9.95. The van der Waals surface area contributed by atoms with E-state index in [2.05, 4.69) is 20.7 Å². The molecule has 1 aliphatic heterocycles. The Balaban J connectivity index is 2.14. The van der Waals surface area contributed by atoms with Gasteiger partial charge in [0.15, 0.2) is 10.8 Å². The van der Waals surface area contributed by atoms with Crippen LogP contribution in [0.1, 0.15) is 23.5 Å². The fraction of sp³-hybridized carbons (Fsp3) is 0.133. The highest BCUT2D eigenvalue weighted by molar-refractivity contribution is 7.11. The van der Waals surface area contributed by atoms with Crippen LogP contribution in [0.5, 0.6) is 0 Å². The maximum absolute atomic E-state index is 13.4. The van der Waals surface area contributed by atoms with Crippen LogP contribution in [0.25, 0.3) is 0 Å². The van der Waals surface area contributed by atoms with Crippen LogP contribution in [-0.4, -0.2) is 16.7 Å². The summed E-state index contributed by atoms with van der Waals surface area (Å²) in [7, 11) is 0. The second-order valence-electron chi connectivity index (χ2n) is 5.02. The molecule has 0 bridgehead atoms. The Morgan fingerprint density at radius 2 is 2.29 bits per heavy atom. The smallest absolute Gasteiger partial charge is 0.265 e. The van der Waals surface area contributed by atoms with E-state index in [9.17, 15) is 9.18 Å². The van der Waals surface area contributed by atoms with Gasteiger partial charge in [-0.15, -0.1) is 11.3 Å². The topological polar surface area (TPSA) is 92.4 Å². The van der Waals surface area contributed by atoms with Gasteiger partial charge in [0.2, 0.25) is 0 Å². The number of allylic oxidation sites excluding steroid dienone is 1. The number of nitrogens with one attached hydrogen (secondary N) is 2. The van der Waals surface area contributed by atoms with E-state index in [0.717, 1.165) is 0 Å². The number of aliphatic imine (C=N–C) groups is 1. The number of nitrogens with two attached hydrogens (primary N) is 1. The molecule has 1 amide bonds. The summed E-state index contributed by atoms with van der Waals surface area (Å²) >= 11 is 7.57. The molecule has 0 spiro atoms. The van der Waals surface area contributed by atoms with Gasteiger partial charge in [-0.3, -0.25) is 15.2 Å². The molecule has 1 aromatic heterocycles. The van der Waals surface area contributed by atoms with E-state index < -0.39 is 17.8 Å². The molecule has 1 aliphatic rings. The summed E-state index contributed by atoms with van der Waals surface area (Å²) in [6.07, 6.45) is 1.66. The molecule has 24 heavy (non-hydrogen) atoms. The SMILES string of the molecule is CC1=C(C(=O)NN)C(c2ccc(F)cc2Cl)N=C(c2nccs2)N1. The molecule has 1 unspecified atom stereocenters. The Hall–Kier alpha value is -2.29. The van der Waals surface area contributed by atoms with Gasteiger partial charge < -0.3 is 5.32 Å². The van der Waals surface area contributed by atoms with E-state index in [1.54, 1.807) is 13.1 Å². The number of amides is 1. The van der Waals surface area contributed by atoms with Crippen LogP contribution in [-0.2, 0) is 4.79 Å². The lowest BCUT2D eigenvalue weighted by Crippen LogP contribution is -2.39. The monoisotopic (exact) mass is 365 g/mol. The average Bonchev–Trinajstić information content (AvgIpc) is 3.08. The largest absolute Gasteiger partial charge is 0.341 e. The molecule has 9 heteroatoms. The van der Waals surface area contributed by atoms with Gasteiger partial charge >= 0.3 is 0 Å².